The van der Waals surface area contributed by atoms with E-state index in [0.29, 0.717) is 0 Å². The zero-order valence-electron chi connectivity index (χ0n) is 10.1. The van der Waals surface area contributed by atoms with Gasteiger partial charge in [-0.1, -0.05) is 0 Å². The monoisotopic (exact) mass is 229 g/mol. The van der Waals surface area contributed by atoms with Crippen LogP contribution in [0, 0.1) is 0 Å². The molecule has 1 rings (SSSR count). The lowest BCUT2D eigenvalue weighted by atomic mass is 10.2. The van der Waals surface area contributed by atoms with Gasteiger partial charge in [-0.2, -0.15) is 5.01 Å². The summed E-state index contributed by atoms with van der Waals surface area (Å²) in [7, 11) is 3.58. The lowest BCUT2D eigenvalue weighted by molar-refractivity contribution is -0.753. The molecule has 0 atom stereocenters. The molecule has 0 aliphatic rings. The Morgan fingerprint density at radius 3 is 2.62 bits per heavy atom. The molecule has 0 aliphatic carbocycles. The van der Waals surface area contributed by atoms with Gasteiger partial charge < -0.3 is 4.74 Å². The Balaban J connectivity index is 2.57. The van der Waals surface area contributed by atoms with Gasteiger partial charge in [-0.25, -0.2) is 4.79 Å². The van der Waals surface area contributed by atoms with Gasteiger partial charge in [-0.15, -0.1) is 0 Å². The van der Waals surface area contributed by atoms with Crippen LogP contribution in [0.15, 0.2) is 10.7 Å². The molecule has 0 saturated carbocycles. The van der Waals surface area contributed by atoms with Crippen molar-refractivity contribution in [2.24, 2.45) is 0 Å². The van der Waals surface area contributed by atoms with E-state index in [1.165, 1.54) is 11.0 Å². The normalized spacial score (nSPS) is 11.1. The summed E-state index contributed by atoms with van der Waals surface area (Å²) in [6.45, 7) is 5.35. The molecule has 90 valence electrons. The Morgan fingerprint density at radius 2 is 2.19 bits per heavy atom. The quantitative estimate of drug-likeness (QED) is 0.748. The van der Waals surface area contributed by atoms with Gasteiger partial charge >= 0.3 is 12.0 Å². The Kier molecular flexibility index (Phi) is 3.36. The summed E-state index contributed by atoms with van der Waals surface area (Å²) >= 11 is 0. The first kappa shape index (κ1) is 12.3. The standard InChI is InChI=1S/C9H16N4O3/c1-9(2,3)15-8(14)10-7-6-13(11-16-7)12(4)5/h6H,1-5H3/p+1. The van der Waals surface area contributed by atoms with Crippen LogP contribution in [0.5, 0.6) is 0 Å². The van der Waals surface area contributed by atoms with Crippen LogP contribution in [0.2, 0.25) is 0 Å². The van der Waals surface area contributed by atoms with E-state index in [2.05, 4.69) is 10.6 Å². The van der Waals surface area contributed by atoms with Crippen molar-refractivity contribution in [2.45, 2.75) is 26.4 Å². The van der Waals surface area contributed by atoms with Crippen LogP contribution in [-0.4, -0.2) is 31.1 Å². The first-order valence-corrected chi connectivity index (χ1v) is 4.84. The van der Waals surface area contributed by atoms with E-state index in [4.69, 9.17) is 9.26 Å². The molecule has 0 aliphatic heterocycles. The Morgan fingerprint density at radius 1 is 1.56 bits per heavy atom. The maximum atomic E-state index is 11.4. The molecule has 7 nitrogen and oxygen atoms in total. The van der Waals surface area contributed by atoms with Crippen molar-refractivity contribution < 1.29 is 18.8 Å². The molecule has 1 aromatic rings. The van der Waals surface area contributed by atoms with Gasteiger partial charge in [-0.05, 0) is 20.8 Å². The number of hydrogen-bond acceptors (Lipinski definition) is 5. The number of rotatable bonds is 2. The van der Waals surface area contributed by atoms with E-state index in [1.54, 1.807) is 39.9 Å². The minimum absolute atomic E-state index is 0.225. The van der Waals surface area contributed by atoms with Crippen molar-refractivity contribution in [1.82, 2.24) is 5.27 Å². The number of carbonyl (C=O) groups excluding carboxylic acids is 1. The predicted molar refractivity (Wildman–Crippen MR) is 56.6 cm³/mol. The van der Waals surface area contributed by atoms with Gasteiger partial charge in [-0.3, -0.25) is 9.84 Å². The van der Waals surface area contributed by atoms with Gasteiger partial charge in [0.25, 0.3) is 6.20 Å². The molecule has 0 bridgehead atoms. The number of aromatic nitrogens is 2. The van der Waals surface area contributed by atoms with Gasteiger partial charge in [0, 0.05) is 0 Å². The molecule has 0 fully saturated rings. The zero-order chi connectivity index (χ0) is 12.3. The topological polar surface area (TPSA) is 71.5 Å². The van der Waals surface area contributed by atoms with Crippen molar-refractivity contribution in [3.05, 3.63) is 6.20 Å². The summed E-state index contributed by atoms with van der Waals surface area (Å²) in [5, 5.41) is 7.78. The van der Waals surface area contributed by atoms with Crippen LogP contribution >= 0.6 is 0 Å². The molecule has 1 heterocycles. The predicted octanol–water partition coefficient (Wildman–Crippen LogP) is 0.507. The summed E-state index contributed by atoms with van der Waals surface area (Å²) in [6.07, 6.45) is 0.957. The molecule has 0 aromatic carbocycles. The summed E-state index contributed by atoms with van der Waals surface area (Å²) < 4.78 is 9.92. The van der Waals surface area contributed by atoms with E-state index in [1.807, 2.05) is 0 Å². The average Bonchev–Trinajstić information content (AvgIpc) is 2.48. The van der Waals surface area contributed by atoms with Crippen molar-refractivity contribution in [3.63, 3.8) is 0 Å². The maximum absolute atomic E-state index is 11.4. The highest BCUT2D eigenvalue weighted by Gasteiger charge is 2.20. The first-order valence-electron chi connectivity index (χ1n) is 4.84. The first-order chi connectivity index (χ1) is 7.28. The number of anilines is 1. The lowest BCUT2D eigenvalue weighted by Gasteiger charge is -2.18. The minimum Gasteiger partial charge on any atom is -0.444 e. The van der Waals surface area contributed by atoms with Gasteiger partial charge in [0.2, 0.25) is 5.27 Å². The van der Waals surface area contributed by atoms with Crippen LogP contribution in [0.25, 0.3) is 0 Å². The highest BCUT2D eigenvalue weighted by molar-refractivity contribution is 5.82. The van der Waals surface area contributed by atoms with Crippen molar-refractivity contribution >= 4 is 12.0 Å². The molecule has 16 heavy (non-hydrogen) atoms. The Hall–Kier alpha value is -1.79. The van der Waals surface area contributed by atoms with Crippen LogP contribution in [0.4, 0.5) is 10.7 Å². The second-order valence-electron chi connectivity index (χ2n) is 4.46. The summed E-state index contributed by atoms with van der Waals surface area (Å²) in [5.41, 5.74) is -0.540. The average molecular weight is 229 g/mol. The van der Waals surface area contributed by atoms with E-state index >= 15 is 0 Å². The minimum atomic E-state index is -0.574. The highest BCUT2D eigenvalue weighted by Crippen LogP contribution is 2.09. The van der Waals surface area contributed by atoms with Crippen LogP contribution < -0.4 is 15.1 Å². The van der Waals surface area contributed by atoms with E-state index < -0.39 is 11.7 Å². The zero-order valence-corrected chi connectivity index (χ0v) is 10.1. The molecule has 0 unspecified atom stereocenters. The van der Waals surface area contributed by atoms with E-state index in [0.717, 1.165) is 0 Å². The molecule has 0 spiro atoms. The summed E-state index contributed by atoms with van der Waals surface area (Å²) in [4.78, 5) is 12.8. The number of carbonyl (C=O) groups is 1. The smallest absolute Gasteiger partial charge is 0.414 e. The molecular formula is C9H17N4O3+. The third-order valence-corrected chi connectivity index (χ3v) is 1.49. The molecule has 0 radical (unpaired) electrons. The molecular weight excluding hydrogens is 212 g/mol. The maximum Gasteiger partial charge on any atom is 0.414 e. The third kappa shape index (κ3) is 3.76. The second-order valence-corrected chi connectivity index (χ2v) is 4.46. The summed E-state index contributed by atoms with van der Waals surface area (Å²) in [6, 6.07) is 0. The molecule has 1 aromatic heterocycles. The van der Waals surface area contributed by atoms with Crippen LogP contribution in [0.1, 0.15) is 20.8 Å². The van der Waals surface area contributed by atoms with E-state index in [-0.39, 0.29) is 5.88 Å². The number of amides is 1. The largest absolute Gasteiger partial charge is 0.444 e. The fourth-order valence-electron chi connectivity index (χ4n) is 0.886. The third-order valence-electron chi connectivity index (χ3n) is 1.49. The van der Waals surface area contributed by atoms with E-state index in [9.17, 15) is 4.79 Å². The SMILES string of the molecule is CN(C)[n+]1cc(NC(=O)OC(C)(C)C)on1. The second kappa shape index (κ2) is 4.38. The molecule has 7 heteroatoms. The lowest BCUT2D eigenvalue weighted by Crippen LogP contribution is -2.53. The summed E-state index contributed by atoms with van der Waals surface area (Å²) in [5.74, 6) is 0.225. The van der Waals surface area contributed by atoms with Crippen LogP contribution in [0.3, 0.4) is 0 Å². The highest BCUT2D eigenvalue weighted by atomic mass is 16.6. The van der Waals surface area contributed by atoms with Gasteiger partial charge in [0.1, 0.15) is 5.60 Å². The molecule has 1 amide bonds. The number of nitrogens with one attached hydrogen (secondary N) is 1. The Bertz CT molecular complexity index is 367. The van der Waals surface area contributed by atoms with Crippen molar-refractivity contribution in [1.29, 1.82) is 0 Å². The van der Waals surface area contributed by atoms with Crippen LogP contribution in [-0.2, 0) is 4.74 Å². The van der Waals surface area contributed by atoms with Crippen molar-refractivity contribution in [3.8, 4) is 0 Å². The fourth-order valence-corrected chi connectivity index (χ4v) is 0.886. The number of hydrogen-bond donors (Lipinski definition) is 1. The molecule has 0 saturated heterocycles. The fraction of sp³-hybridized carbons (Fsp3) is 0.667. The Labute approximate surface area is 93.9 Å². The number of nitrogens with zero attached hydrogens (tertiary/aromatic N) is 3. The van der Waals surface area contributed by atoms with Gasteiger partial charge in [0.05, 0.1) is 18.9 Å². The van der Waals surface area contributed by atoms with Gasteiger partial charge in [0.15, 0.2) is 0 Å². The van der Waals surface area contributed by atoms with Crippen molar-refractivity contribution in [2.75, 3.05) is 24.4 Å². The molecule has 1 N–H and O–H groups in total. The number of ether oxygens (including phenoxy) is 1.